The molecule has 0 fully saturated rings. The van der Waals surface area contributed by atoms with Crippen LogP contribution in [0.5, 0.6) is 0 Å². The van der Waals surface area contributed by atoms with E-state index in [4.69, 9.17) is 5.11 Å². The van der Waals surface area contributed by atoms with Crippen LogP contribution in [0.3, 0.4) is 0 Å². The standard InChI is InChI=1S/C12H19BrN2O2S/c1-9(4-3-7-16)14-12(17)15(2)8-10-5-6-11(13)18-10/h5-6,9,16H,3-4,7-8H2,1-2H3,(H,14,17). The molecule has 0 spiro atoms. The van der Waals surface area contributed by atoms with Crippen molar-refractivity contribution in [1.82, 2.24) is 10.2 Å². The van der Waals surface area contributed by atoms with Gasteiger partial charge in [-0.15, -0.1) is 11.3 Å². The van der Waals surface area contributed by atoms with Crippen molar-refractivity contribution < 1.29 is 9.90 Å². The largest absolute Gasteiger partial charge is 0.396 e. The summed E-state index contributed by atoms with van der Waals surface area (Å²) >= 11 is 5.03. The van der Waals surface area contributed by atoms with Gasteiger partial charge < -0.3 is 15.3 Å². The number of rotatable bonds is 6. The lowest BCUT2D eigenvalue weighted by atomic mass is 10.2. The molecule has 0 aliphatic rings. The second kappa shape index (κ2) is 7.76. The van der Waals surface area contributed by atoms with Gasteiger partial charge in [-0.25, -0.2) is 4.79 Å². The van der Waals surface area contributed by atoms with E-state index in [1.807, 2.05) is 19.1 Å². The molecular weight excluding hydrogens is 316 g/mol. The molecule has 2 amide bonds. The molecule has 1 atom stereocenters. The van der Waals surface area contributed by atoms with E-state index in [9.17, 15) is 4.79 Å². The van der Waals surface area contributed by atoms with E-state index in [1.165, 1.54) is 0 Å². The number of carbonyl (C=O) groups is 1. The SMILES string of the molecule is CC(CCCO)NC(=O)N(C)Cc1ccc(Br)s1. The van der Waals surface area contributed by atoms with Crippen LogP contribution in [0.1, 0.15) is 24.6 Å². The Morgan fingerprint density at radius 2 is 2.33 bits per heavy atom. The summed E-state index contributed by atoms with van der Waals surface area (Å²) in [4.78, 5) is 14.7. The lowest BCUT2D eigenvalue weighted by molar-refractivity contribution is 0.201. The highest BCUT2D eigenvalue weighted by molar-refractivity contribution is 9.11. The second-order valence-electron chi connectivity index (χ2n) is 4.28. The van der Waals surface area contributed by atoms with Crippen LogP contribution < -0.4 is 5.32 Å². The number of hydrogen-bond donors (Lipinski definition) is 2. The zero-order chi connectivity index (χ0) is 13.5. The number of carbonyl (C=O) groups excluding carboxylic acids is 1. The molecule has 0 saturated carbocycles. The minimum Gasteiger partial charge on any atom is -0.396 e. The minimum atomic E-state index is -0.0787. The Balaban J connectivity index is 2.36. The highest BCUT2D eigenvalue weighted by atomic mass is 79.9. The Morgan fingerprint density at radius 1 is 1.61 bits per heavy atom. The average molecular weight is 335 g/mol. The predicted molar refractivity (Wildman–Crippen MR) is 77.8 cm³/mol. The van der Waals surface area contributed by atoms with E-state index in [0.717, 1.165) is 15.1 Å². The predicted octanol–water partition coefficient (Wildman–Crippen LogP) is 2.81. The normalized spacial score (nSPS) is 12.2. The summed E-state index contributed by atoms with van der Waals surface area (Å²) in [6.07, 6.45) is 1.50. The van der Waals surface area contributed by atoms with Gasteiger partial charge >= 0.3 is 6.03 Å². The topological polar surface area (TPSA) is 52.6 Å². The third kappa shape index (κ3) is 5.37. The smallest absolute Gasteiger partial charge is 0.317 e. The quantitative estimate of drug-likeness (QED) is 0.840. The van der Waals surface area contributed by atoms with Crippen molar-refractivity contribution in [3.63, 3.8) is 0 Å². The lowest BCUT2D eigenvalue weighted by Gasteiger charge is -2.20. The minimum absolute atomic E-state index is 0.0787. The maximum Gasteiger partial charge on any atom is 0.317 e. The first-order chi connectivity index (χ1) is 8.52. The number of halogens is 1. The van der Waals surface area contributed by atoms with E-state index < -0.39 is 0 Å². The molecule has 0 bridgehead atoms. The van der Waals surface area contributed by atoms with Crippen LogP contribution in [0.25, 0.3) is 0 Å². The first-order valence-corrected chi connectivity index (χ1v) is 7.50. The highest BCUT2D eigenvalue weighted by Gasteiger charge is 2.12. The molecule has 102 valence electrons. The van der Waals surface area contributed by atoms with E-state index in [0.29, 0.717) is 13.0 Å². The van der Waals surface area contributed by atoms with Crippen molar-refractivity contribution in [2.24, 2.45) is 0 Å². The van der Waals surface area contributed by atoms with Crippen LogP contribution in [-0.2, 0) is 6.54 Å². The van der Waals surface area contributed by atoms with Crippen LogP contribution in [0.15, 0.2) is 15.9 Å². The molecule has 18 heavy (non-hydrogen) atoms. The Kier molecular flexibility index (Phi) is 6.67. The molecule has 1 rings (SSSR count). The Morgan fingerprint density at radius 3 is 2.89 bits per heavy atom. The van der Waals surface area contributed by atoms with Gasteiger partial charge in [0, 0.05) is 24.6 Å². The van der Waals surface area contributed by atoms with Crippen molar-refractivity contribution in [2.45, 2.75) is 32.4 Å². The summed E-state index contributed by atoms with van der Waals surface area (Å²) in [6.45, 7) is 2.72. The summed E-state index contributed by atoms with van der Waals surface area (Å²) in [5.41, 5.74) is 0. The van der Waals surface area contributed by atoms with Gasteiger partial charge in [0.05, 0.1) is 10.3 Å². The molecule has 0 aromatic carbocycles. The molecule has 1 heterocycles. The Bertz CT molecular complexity index is 384. The first kappa shape index (κ1) is 15.5. The Hall–Kier alpha value is -0.590. The van der Waals surface area contributed by atoms with E-state index >= 15 is 0 Å². The molecule has 1 aromatic rings. The summed E-state index contributed by atoms with van der Waals surface area (Å²) in [6, 6.07) is 4.00. The molecule has 2 N–H and O–H groups in total. The maximum atomic E-state index is 11.9. The molecule has 0 aliphatic carbocycles. The van der Waals surface area contributed by atoms with Crippen LogP contribution in [0.2, 0.25) is 0 Å². The van der Waals surface area contributed by atoms with Gasteiger partial charge in [0.1, 0.15) is 0 Å². The molecule has 1 unspecified atom stereocenters. The number of aliphatic hydroxyl groups excluding tert-OH is 1. The molecule has 1 aromatic heterocycles. The van der Waals surface area contributed by atoms with Gasteiger partial charge in [0.2, 0.25) is 0 Å². The summed E-state index contributed by atoms with van der Waals surface area (Å²) in [5.74, 6) is 0. The lowest BCUT2D eigenvalue weighted by Crippen LogP contribution is -2.41. The average Bonchev–Trinajstić information content (AvgIpc) is 2.72. The molecular formula is C12H19BrN2O2S. The molecule has 0 radical (unpaired) electrons. The fraction of sp³-hybridized carbons (Fsp3) is 0.583. The molecule has 0 aliphatic heterocycles. The van der Waals surface area contributed by atoms with Crippen LogP contribution in [-0.4, -0.2) is 35.7 Å². The third-order valence-electron chi connectivity index (χ3n) is 2.53. The van der Waals surface area contributed by atoms with Crippen molar-refractivity contribution in [3.05, 3.63) is 20.8 Å². The van der Waals surface area contributed by atoms with Crippen LogP contribution in [0.4, 0.5) is 4.79 Å². The fourth-order valence-corrected chi connectivity index (χ4v) is 3.07. The number of aliphatic hydroxyl groups is 1. The highest BCUT2D eigenvalue weighted by Crippen LogP contribution is 2.22. The van der Waals surface area contributed by atoms with Crippen molar-refractivity contribution in [3.8, 4) is 0 Å². The number of urea groups is 1. The maximum absolute atomic E-state index is 11.9. The molecule has 0 saturated heterocycles. The van der Waals surface area contributed by atoms with Crippen LogP contribution in [0, 0.1) is 0 Å². The first-order valence-electron chi connectivity index (χ1n) is 5.89. The van der Waals surface area contributed by atoms with Gasteiger partial charge in [0.25, 0.3) is 0 Å². The van der Waals surface area contributed by atoms with E-state index in [-0.39, 0.29) is 18.7 Å². The molecule has 6 heteroatoms. The zero-order valence-electron chi connectivity index (χ0n) is 10.6. The fourth-order valence-electron chi connectivity index (χ4n) is 1.53. The summed E-state index contributed by atoms with van der Waals surface area (Å²) in [5, 5.41) is 11.6. The summed E-state index contributed by atoms with van der Waals surface area (Å²) in [7, 11) is 1.78. The van der Waals surface area contributed by atoms with E-state index in [1.54, 1.807) is 23.3 Å². The number of hydrogen-bond acceptors (Lipinski definition) is 3. The number of nitrogens with zero attached hydrogens (tertiary/aromatic N) is 1. The van der Waals surface area contributed by atoms with Crippen molar-refractivity contribution >= 4 is 33.3 Å². The molecule has 4 nitrogen and oxygen atoms in total. The van der Waals surface area contributed by atoms with Crippen molar-refractivity contribution in [2.75, 3.05) is 13.7 Å². The zero-order valence-corrected chi connectivity index (χ0v) is 13.1. The second-order valence-corrected chi connectivity index (χ2v) is 6.83. The van der Waals surface area contributed by atoms with Gasteiger partial charge in [-0.2, -0.15) is 0 Å². The van der Waals surface area contributed by atoms with Crippen molar-refractivity contribution in [1.29, 1.82) is 0 Å². The van der Waals surface area contributed by atoms with Gasteiger partial charge in [-0.1, -0.05) is 0 Å². The monoisotopic (exact) mass is 334 g/mol. The van der Waals surface area contributed by atoms with Gasteiger partial charge in [-0.3, -0.25) is 0 Å². The van der Waals surface area contributed by atoms with Crippen LogP contribution >= 0.6 is 27.3 Å². The number of amides is 2. The third-order valence-corrected chi connectivity index (χ3v) is 4.14. The van der Waals surface area contributed by atoms with E-state index in [2.05, 4.69) is 21.2 Å². The van der Waals surface area contributed by atoms with Gasteiger partial charge in [-0.05, 0) is 47.8 Å². The van der Waals surface area contributed by atoms with Gasteiger partial charge in [0.15, 0.2) is 0 Å². The summed E-state index contributed by atoms with van der Waals surface area (Å²) < 4.78 is 1.07. The number of nitrogens with one attached hydrogen (secondary N) is 1. The Labute approximate surface area is 120 Å². The number of thiophene rings is 1.